The number of H-pyrrole nitrogens is 1. The first-order chi connectivity index (χ1) is 8.66. The molecule has 1 aromatic heterocycles. The van der Waals surface area contributed by atoms with Crippen LogP contribution in [0.2, 0.25) is 0 Å². The number of hydrogen-bond donors (Lipinski definition) is 1. The number of aromatic amines is 1. The molecule has 1 N–H and O–H groups in total. The lowest BCUT2D eigenvalue weighted by Crippen LogP contribution is -2.14. The molecule has 0 amide bonds. The van der Waals surface area contributed by atoms with Crippen molar-refractivity contribution < 1.29 is 9.53 Å². The van der Waals surface area contributed by atoms with E-state index in [1.54, 1.807) is 6.20 Å². The Labute approximate surface area is 114 Å². The predicted octanol–water partition coefficient (Wildman–Crippen LogP) is 3.54. The number of benzene rings is 1. The zero-order valence-electron chi connectivity index (χ0n) is 10.1. The van der Waals surface area contributed by atoms with E-state index < -0.39 is 0 Å². The SMILES string of the molecule is CC1CC(C(=O)c2c[nH]c3cccc(Br)c23)CO1. The van der Waals surface area contributed by atoms with Gasteiger partial charge in [0.05, 0.1) is 12.7 Å². The molecule has 1 fully saturated rings. The second-order valence-electron chi connectivity index (χ2n) is 4.81. The molecule has 2 atom stereocenters. The van der Waals surface area contributed by atoms with Crippen LogP contribution in [0.3, 0.4) is 0 Å². The molecule has 2 aromatic rings. The lowest BCUT2D eigenvalue weighted by atomic mass is 9.95. The molecule has 1 aromatic carbocycles. The van der Waals surface area contributed by atoms with Gasteiger partial charge in [-0.3, -0.25) is 4.79 Å². The maximum absolute atomic E-state index is 12.5. The van der Waals surface area contributed by atoms with Crippen molar-refractivity contribution in [2.45, 2.75) is 19.4 Å². The summed E-state index contributed by atoms with van der Waals surface area (Å²) >= 11 is 3.51. The molecular weight excluding hydrogens is 294 g/mol. The Morgan fingerprint density at radius 3 is 3.06 bits per heavy atom. The predicted molar refractivity (Wildman–Crippen MR) is 73.9 cm³/mol. The number of aromatic nitrogens is 1. The van der Waals surface area contributed by atoms with Gasteiger partial charge in [0.1, 0.15) is 0 Å². The Morgan fingerprint density at radius 2 is 2.33 bits per heavy atom. The average Bonchev–Trinajstić information content (AvgIpc) is 2.95. The monoisotopic (exact) mass is 307 g/mol. The lowest BCUT2D eigenvalue weighted by molar-refractivity contribution is 0.0879. The van der Waals surface area contributed by atoms with E-state index in [0.717, 1.165) is 27.4 Å². The van der Waals surface area contributed by atoms with Gasteiger partial charge in [-0.1, -0.05) is 22.0 Å². The van der Waals surface area contributed by atoms with E-state index >= 15 is 0 Å². The highest BCUT2D eigenvalue weighted by molar-refractivity contribution is 9.10. The highest BCUT2D eigenvalue weighted by Crippen LogP contribution is 2.31. The Bertz CT molecular complexity index is 605. The van der Waals surface area contributed by atoms with Gasteiger partial charge in [0.2, 0.25) is 0 Å². The second kappa shape index (κ2) is 4.52. The second-order valence-corrected chi connectivity index (χ2v) is 5.66. The minimum Gasteiger partial charge on any atom is -0.378 e. The largest absolute Gasteiger partial charge is 0.378 e. The number of carbonyl (C=O) groups excluding carboxylic acids is 1. The highest BCUT2D eigenvalue weighted by Gasteiger charge is 2.30. The first kappa shape index (κ1) is 11.9. The smallest absolute Gasteiger partial charge is 0.170 e. The maximum Gasteiger partial charge on any atom is 0.170 e. The van der Waals surface area contributed by atoms with Crippen molar-refractivity contribution in [2.24, 2.45) is 5.92 Å². The van der Waals surface area contributed by atoms with Crippen LogP contribution in [0.1, 0.15) is 23.7 Å². The number of carbonyl (C=O) groups is 1. The van der Waals surface area contributed by atoms with Gasteiger partial charge in [-0.2, -0.15) is 0 Å². The van der Waals surface area contributed by atoms with Crippen LogP contribution in [0.25, 0.3) is 10.9 Å². The molecule has 0 bridgehead atoms. The summed E-state index contributed by atoms with van der Waals surface area (Å²) in [5.74, 6) is 0.170. The fraction of sp³-hybridized carbons (Fsp3) is 0.357. The molecule has 3 rings (SSSR count). The van der Waals surface area contributed by atoms with Gasteiger partial charge in [0, 0.05) is 33.1 Å². The molecule has 0 saturated carbocycles. The molecule has 2 heterocycles. The summed E-state index contributed by atoms with van der Waals surface area (Å²) in [6.07, 6.45) is 2.81. The Hall–Kier alpha value is -1.13. The van der Waals surface area contributed by atoms with Crippen LogP contribution >= 0.6 is 15.9 Å². The van der Waals surface area contributed by atoms with Gasteiger partial charge >= 0.3 is 0 Å². The van der Waals surface area contributed by atoms with Crippen molar-refractivity contribution in [2.75, 3.05) is 6.61 Å². The lowest BCUT2D eigenvalue weighted by Gasteiger charge is -2.06. The van der Waals surface area contributed by atoms with E-state index in [4.69, 9.17) is 4.74 Å². The zero-order valence-corrected chi connectivity index (χ0v) is 11.7. The number of fused-ring (bicyclic) bond motifs is 1. The summed E-state index contributed by atoms with van der Waals surface area (Å²) in [6, 6.07) is 5.89. The summed E-state index contributed by atoms with van der Waals surface area (Å²) in [6.45, 7) is 2.55. The molecule has 0 radical (unpaired) electrons. The van der Waals surface area contributed by atoms with Crippen molar-refractivity contribution in [1.82, 2.24) is 4.98 Å². The molecule has 1 saturated heterocycles. The molecule has 0 spiro atoms. The number of halogens is 1. The van der Waals surface area contributed by atoms with Gasteiger partial charge in [-0.15, -0.1) is 0 Å². The van der Waals surface area contributed by atoms with Crippen molar-refractivity contribution in [3.8, 4) is 0 Å². The highest BCUT2D eigenvalue weighted by atomic mass is 79.9. The minimum atomic E-state index is -0.00824. The number of ether oxygens (including phenoxy) is 1. The van der Waals surface area contributed by atoms with Crippen molar-refractivity contribution in [3.63, 3.8) is 0 Å². The zero-order chi connectivity index (χ0) is 12.7. The quantitative estimate of drug-likeness (QED) is 0.862. The topological polar surface area (TPSA) is 42.1 Å². The van der Waals surface area contributed by atoms with Gasteiger partial charge < -0.3 is 9.72 Å². The van der Waals surface area contributed by atoms with Crippen molar-refractivity contribution >= 4 is 32.6 Å². The van der Waals surface area contributed by atoms with Crippen LogP contribution < -0.4 is 0 Å². The first-order valence-electron chi connectivity index (χ1n) is 6.08. The van der Waals surface area contributed by atoms with Crippen molar-refractivity contribution in [3.05, 3.63) is 34.4 Å². The van der Waals surface area contributed by atoms with E-state index in [1.165, 1.54) is 0 Å². The summed E-state index contributed by atoms with van der Waals surface area (Å²) in [5.41, 5.74) is 1.75. The third kappa shape index (κ3) is 1.89. The van der Waals surface area contributed by atoms with Gasteiger partial charge in [-0.05, 0) is 25.5 Å². The van der Waals surface area contributed by atoms with E-state index in [9.17, 15) is 4.79 Å². The normalized spacial score (nSPS) is 23.7. The molecule has 1 aliphatic heterocycles. The average molecular weight is 308 g/mol. The Balaban J connectivity index is 2.02. The fourth-order valence-electron chi connectivity index (χ4n) is 2.55. The fourth-order valence-corrected chi connectivity index (χ4v) is 3.13. The number of nitrogens with one attached hydrogen (secondary N) is 1. The maximum atomic E-state index is 12.5. The van der Waals surface area contributed by atoms with Crippen LogP contribution in [0.4, 0.5) is 0 Å². The summed E-state index contributed by atoms with van der Waals surface area (Å²) in [5, 5.41) is 0.974. The van der Waals surface area contributed by atoms with E-state index in [2.05, 4.69) is 20.9 Å². The summed E-state index contributed by atoms with van der Waals surface area (Å²) < 4.78 is 6.44. The van der Waals surface area contributed by atoms with Crippen LogP contribution in [-0.2, 0) is 4.74 Å². The number of Topliss-reactive ketones (excluding diaryl/α,β-unsaturated/α-hetero) is 1. The number of rotatable bonds is 2. The molecule has 0 aliphatic carbocycles. The van der Waals surface area contributed by atoms with Gasteiger partial charge in [0.15, 0.2) is 5.78 Å². The van der Waals surface area contributed by atoms with E-state index in [0.29, 0.717) is 6.61 Å². The van der Waals surface area contributed by atoms with E-state index in [1.807, 2.05) is 25.1 Å². The minimum absolute atomic E-state index is 0.00824. The van der Waals surface area contributed by atoms with Crippen molar-refractivity contribution in [1.29, 1.82) is 0 Å². The third-order valence-electron chi connectivity index (χ3n) is 3.49. The van der Waals surface area contributed by atoms with Crippen LogP contribution in [0, 0.1) is 5.92 Å². The Kier molecular flexibility index (Phi) is 2.99. The molecule has 4 heteroatoms. The summed E-state index contributed by atoms with van der Waals surface area (Å²) in [7, 11) is 0. The third-order valence-corrected chi connectivity index (χ3v) is 4.15. The van der Waals surface area contributed by atoms with Crippen LogP contribution in [-0.4, -0.2) is 23.5 Å². The molecular formula is C14H14BrNO2. The molecule has 3 nitrogen and oxygen atoms in total. The van der Waals surface area contributed by atoms with E-state index in [-0.39, 0.29) is 17.8 Å². The molecule has 18 heavy (non-hydrogen) atoms. The van der Waals surface area contributed by atoms with Gasteiger partial charge in [-0.25, -0.2) is 0 Å². The number of hydrogen-bond acceptors (Lipinski definition) is 2. The van der Waals surface area contributed by atoms with Crippen LogP contribution in [0.5, 0.6) is 0 Å². The summed E-state index contributed by atoms with van der Waals surface area (Å²) in [4.78, 5) is 15.7. The number of ketones is 1. The molecule has 2 unspecified atom stereocenters. The van der Waals surface area contributed by atoms with Gasteiger partial charge in [0.25, 0.3) is 0 Å². The standard InChI is InChI=1S/C14H14BrNO2/c1-8-5-9(7-18-8)14(17)10-6-16-12-4-2-3-11(15)13(10)12/h2-4,6,8-9,16H,5,7H2,1H3. The molecule has 1 aliphatic rings. The Morgan fingerprint density at radius 1 is 1.50 bits per heavy atom. The van der Waals surface area contributed by atoms with Crippen LogP contribution in [0.15, 0.2) is 28.9 Å². The first-order valence-corrected chi connectivity index (χ1v) is 6.87. The molecule has 94 valence electrons.